The van der Waals surface area contributed by atoms with Gasteiger partial charge in [-0.15, -0.1) is 0 Å². The van der Waals surface area contributed by atoms with E-state index < -0.39 is 10.0 Å². The molecule has 3 rings (SSSR count). The van der Waals surface area contributed by atoms with Crippen LogP contribution in [0, 0.1) is 11.3 Å². The lowest BCUT2D eigenvalue weighted by molar-refractivity contribution is 0.309. The van der Waals surface area contributed by atoms with Crippen molar-refractivity contribution in [3.63, 3.8) is 0 Å². The largest absolute Gasteiger partial charge is 0.494 e. The van der Waals surface area contributed by atoms with Crippen LogP contribution in [0.4, 0.5) is 5.69 Å². The van der Waals surface area contributed by atoms with E-state index in [2.05, 4.69) is 22.8 Å². The molecule has 0 saturated carbocycles. The van der Waals surface area contributed by atoms with Crippen molar-refractivity contribution in [1.29, 1.82) is 5.26 Å². The summed E-state index contributed by atoms with van der Waals surface area (Å²) in [5.41, 5.74) is 1.84. The molecule has 0 saturated heterocycles. The van der Waals surface area contributed by atoms with Crippen molar-refractivity contribution in [1.82, 2.24) is 9.78 Å². The molecule has 29 heavy (non-hydrogen) atoms. The normalized spacial score (nSPS) is 11.0. The van der Waals surface area contributed by atoms with Gasteiger partial charge in [-0.25, -0.2) is 8.42 Å². The maximum atomic E-state index is 12.6. The van der Waals surface area contributed by atoms with Gasteiger partial charge >= 0.3 is 0 Å². The molecule has 1 aromatic heterocycles. The number of sulfonamides is 1. The molecule has 1 N–H and O–H groups in total. The average molecular weight is 410 g/mol. The zero-order chi connectivity index (χ0) is 20.7. The van der Waals surface area contributed by atoms with Crippen LogP contribution in [-0.4, -0.2) is 24.8 Å². The van der Waals surface area contributed by atoms with Gasteiger partial charge in [-0.1, -0.05) is 25.5 Å². The third-order valence-electron chi connectivity index (χ3n) is 4.19. The van der Waals surface area contributed by atoms with Crippen LogP contribution in [0.3, 0.4) is 0 Å². The minimum absolute atomic E-state index is 0.148. The maximum absolute atomic E-state index is 12.6. The lowest BCUT2D eigenvalue weighted by Gasteiger charge is -2.08. The highest BCUT2D eigenvalue weighted by molar-refractivity contribution is 7.92. The molecular formula is C21H22N4O3S. The summed E-state index contributed by atoms with van der Waals surface area (Å²) in [5.74, 6) is 0.643. The highest BCUT2D eigenvalue weighted by Crippen LogP contribution is 2.19. The molecule has 0 spiro atoms. The molecule has 3 aromatic rings. The summed E-state index contributed by atoms with van der Waals surface area (Å²) in [5, 5.41) is 13.2. The van der Waals surface area contributed by atoms with E-state index in [1.54, 1.807) is 41.2 Å². The summed E-state index contributed by atoms with van der Waals surface area (Å²) in [4.78, 5) is 0.148. The Hall–Kier alpha value is -3.31. The topological polar surface area (TPSA) is 97.0 Å². The number of hydrogen-bond donors (Lipinski definition) is 1. The molecule has 150 valence electrons. The van der Waals surface area contributed by atoms with Crippen molar-refractivity contribution in [3.8, 4) is 11.8 Å². The predicted octanol–water partition coefficient (Wildman–Crippen LogP) is 3.78. The minimum Gasteiger partial charge on any atom is -0.494 e. The van der Waals surface area contributed by atoms with Crippen LogP contribution in [0.1, 0.15) is 30.9 Å². The summed E-state index contributed by atoms with van der Waals surface area (Å²) >= 11 is 0. The molecule has 0 radical (unpaired) electrons. The number of unbranched alkanes of at least 4 members (excludes halogenated alkanes) is 1. The maximum Gasteiger partial charge on any atom is 0.261 e. The number of benzene rings is 2. The van der Waals surface area contributed by atoms with Crippen molar-refractivity contribution < 1.29 is 13.2 Å². The first-order valence-electron chi connectivity index (χ1n) is 9.27. The van der Waals surface area contributed by atoms with Gasteiger partial charge in [-0.2, -0.15) is 10.4 Å². The van der Waals surface area contributed by atoms with E-state index >= 15 is 0 Å². The smallest absolute Gasteiger partial charge is 0.261 e. The summed E-state index contributed by atoms with van der Waals surface area (Å²) in [6.07, 6.45) is 5.05. The Morgan fingerprint density at radius 2 is 2.00 bits per heavy atom. The second kappa shape index (κ2) is 9.26. The van der Waals surface area contributed by atoms with Crippen LogP contribution in [0.5, 0.6) is 5.75 Å². The first kappa shape index (κ1) is 20.4. The van der Waals surface area contributed by atoms with E-state index in [0.29, 0.717) is 30.2 Å². The second-order valence-electron chi connectivity index (χ2n) is 6.52. The van der Waals surface area contributed by atoms with Gasteiger partial charge in [-0.3, -0.25) is 9.40 Å². The van der Waals surface area contributed by atoms with E-state index in [1.807, 2.05) is 6.07 Å². The Bertz CT molecular complexity index is 1100. The average Bonchev–Trinajstić information content (AvgIpc) is 3.14. The SMILES string of the molecule is CCCCOc1ccc(S(=O)(=O)Nc2cnn(Cc3cccc(C#N)c3)c2)cc1. The third kappa shape index (κ3) is 5.59. The molecule has 0 aliphatic rings. The molecule has 0 fully saturated rings. The number of nitrogens with one attached hydrogen (secondary N) is 1. The Morgan fingerprint density at radius 1 is 1.21 bits per heavy atom. The van der Waals surface area contributed by atoms with Crippen LogP contribution in [-0.2, 0) is 16.6 Å². The molecule has 2 aromatic carbocycles. The van der Waals surface area contributed by atoms with Gasteiger partial charge < -0.3 is 4.74 Å². The molecule has 1 heterocycles. The summed E-state index contributed by atoms with van der Waals surface area (Å²) in [6, 6.07) is 15.6. The lowest BCUT2D eigenvalue weighted by atomic mass is 10.1. The Balaban J connectivity index is 1.65. The summed E-state index contributed by atoms with van der Waals surface area (Å²) in [6.45, 7) is 3.12. The molecule has 0 amide bonds. The van der Waals surface area contributed by atoms with Gasteiger partial charge in [-0.05, 0) is 48.4 Å². The Morgan fingerprint density at radius 3 is 2.72 bits per heavy atom. The number of ether oxygens (including phenoxy) is 1. The minimum atomic E-state index is -3.73. The zero-order valence-corrected chi connectivity index (χ0v) is 16.9. The van der Waals surface area contributed by atoms with Gasteiger partial charge in [0.2, 0.25) is 0 Å². The van der Waals surface area contributed by atoms with E-state index in [-0.39, 0.29) is 4.90 Å². The Labute approximate surface area is 170 Å². The van der Waals surface area contributed by atoms with Crippen molar-refractivity contribution in [3.05, 3.63) is 72.1 Å². The van der Waals surface area contributed by atoms with Crippen molar-refractivity contribution in [2.45, 2.75) is 31.2 Å². The standard InChI is InChI=1S/C21H22N4O3S/c1-2-3-11-28-20-7-9-21(10-8-20)29(26,27)24-19-14-23-25(16-19)15-18-6-4-5-17(12-18)13-22/h4-10,12,14,16,24H,2-3,11,15H2,1H3. The zero-order valence-electron chi connectivity index (χ0n) is 16.1. The first-order valence-corrected chi connectivity index (χ1v) is 10.8. The second-order valence-corrected chi connectivity index (χ2v) is 8.20. The summed E-state index contributed by atoms with van der Waals surface area (Å²) in [7, 11) is -3.73. The van der Waals surface area contributed by atoms with Gasteiger partial charge in [0.1, 0.15) is 5.75 Å². The molecule has 8 heteroatoms. The molecule has 7 nitrogen and oxygen atoms in total. The van der Waals surface area contributed by atoms with Gasteiger partial charge in [0.05, 0.1) is 41.6 Å². The number of nitrogens with zero attached hydrogens (tertiary/aromatic N) is 3. The van der Waals surface area contributed by atoms with E-state index in [0.717, 1.165) is 18.4 Å². The molecule has 0 aliphatic carbocycles. The van der Waals surface area contributed by atoms with Gasteiger partial charge in [0.25, 0.3) is 10.0 Å². The number of nitriles is 1. The molecule has 0 bridgehead atoms. The molecule has 0 aliphatic heterocycles. The van der Waals surface area contributed by atoms with Crippen molar-refractivity contribution in [2.75, 3.05) is 11.3 Å². The van der Waals surface area contributed by atoms with E-state index in [4.69, 9.17) is 10.00 Å². The van der Waals surface area contributed by atoms with E-state index in [9.17, 15) is 8.42 Å². The van der Waals surface area contributed by atoms with Crippen LogP contribution < -0.4 is 9.46 Å². The number of hydrogen-bond acceptors (Lipinski definition) is 5. The molecular weight excluding hydrogens is 388 g/mol. The first-order chi connectivity index (χ1) is 14.0. The Kier molecular flexibility index (Phi) is 6.52. The predicted molar refractivity (Wildman–Crippen MR) is 110 cm³/mol. The number of rotatable bonds is 9. The fourth-order valence-corrected chi connectivity index (χ4v) is 3.72. The monoisotopic (exact) mass is 410 g/mol. The van der Waals surface area contributed by atoms with Gasteiger partial charge in [0, 0.05) is 6.20 Å². The van der Waals surface area contributed by atoms with Crippen LogP contribution >= 0.6 is 0 Å². The van der Waals surface area contributed by atoms with Crippen LogP contribution in [0.2, 0.25) is 0 Å². The molecule has 0 unspecified atom stereocenters. The lowest BCUT2D eigenvalue weighted by Crippen LogP contribution is -2.12. The van der Waals surface area contributed by atoms with Gasteiger partial charge in [0.15, 0.2) is 0 Å². The fraction of sp³-hybridized carbons (Fsp3) is 0.238. The number of anilines is 1. The quantitative estimate of drug-likeness (QED) is 0.542. The van der Waals surface area contributed by atoms with Crippen molar-refractivity contribution >= 4 is 15.7 Å². The summed E-state index contributed by atoms with van der Waals surface area (Å²) < 4.78 is 34.9. The fourth-order valence-electron chi connectivity index (χ4n) is 2.69. The highest BCUT2D eigenvalue weighted by atomic mass is 32.2. The van der Waals surface area contributed by atoms with Crippen LogP contribution in [0.25, 0.3) is 0 Å². The third-order valence-corrected chi connectivity index (χ3v) is 5.58. The van der Waals surface area contributed by atoms with Crippen LogP contribution in [0.15, 0.2) is 65.8 Å². The van der Waals surface area contributed by atoms with E-state index in [1.165, 1.54) is 18.3 Å². The number of aromatic nitrogens is 2. The van der Waals surface area contributed by atoms with Crippen molar-refractivity contribution in [2.24, 2.45) is 0 Å². The highest BCUT2D eigenvalue weighted by Gasteiger charge is 2.15. The molecule has 0 atom stereocenters.